The fraction of sp³-hybridized carbons (Fsp3) is 0.400. The van der Waals surface area contributed by atoms with Gasteiger partial charge < -0.3 is 20.3 Å². The van der Waals surface area contributed by atoms with Crippen molar-refractivity contribution in [3.63, 3.8) is 0 Å². The average molecular weight is 431 g/mol. The van der Waals surface area contributed by atoms with Crippen LogP contribution in [0, 0.1) is 0 Å². The third kappa shape index (κ3) is 6.05. The summed E-state index contributed by atoms with van der Waals surface area (Å²) in [6, 6.07) is 7.47. The number of nitrogens with one attached hydrogen (secondary N) is 1. The molecule has 0 atom stereocenters. The molecule has 2 aromatic rings. The van der Waals surface area contributed by atoms with Gasteiger partial charge in [0.25, 0.3) is 0 Å². The second-order valence-corrected chi connectivity index (χ2v) is 5.07. The van der Waals surface area contributed by atoms with Crippen LogP contribution in [0.5, 0.6) is 5.75 Å². The number of nitrogens with zero attached hydrogens (tertiary/aromatic N) is 3. The standard InChI is InChI=1S/C15H21N5O2.HI/c1-10(2)14-19-13(22-20-14)7-8-17-15(16)18-11-5-4-6-12(9-11)21-3;/h4-6,9-10H,7-8H2,1-3H3,(H3,16,17,18);1H. The number of hydrogen-bond donors (Lipinski definition) is 2. The zero-order valence-electron chi connectivity index (χ0n) is 13.4. The van der Waals surface area contributed by atoms with E-state index in [9.17, 15) is 0 Å². The van der Waals surface area contributed by atoms with E-state index in [1.54, 1.807) is 7.11 Å². The molecular formula is C15H22IN5O2. The van der Waals surface area contributed by atoms with E-state index in [2.05, 4.69) is 20.4 Å². The number of aromatic nitrogens is 2. The lowest BCUT2D eigenvalue weighted by Crippen LogP contribution is -2.23. The summed E-state index contributed by atoms with van der Waals surface area (Å²) < 4.78 is 10.3. The molecule has 7 nitrogen and oxygen atoms in total. The Balaban J connectivity index is 0.00000264. The minimum Gasteiger partial charge on any atom is -0.497 e. The minimum absolute atomic E-state index is 0. The molecule has 0 spiro atoms. The second kappa shape index (κ2) is 9.33. The molecule has 0 amide bonds. The van der Waals surface area contributed by atoms with E-state index in [0.717, 1.165) is 11.4 Å². The highest BCUT2D eigenvalue weighted by molar-refractivity contribution is 14.0. The molecule has 0 fully saturated rings. The van der Waals surface area contributed by atoms with Crippen LogP contribution in [0.2, 0.25) is 0 Å². The number of halogens is 1. The van der Waals surface area contributed by atoms with Gasteiger partial charge in [0.05, 0.1) is 13.7 Å². The lowest BCUT2D eigenvalue weighted by Gasteiger charge is -2.06. The van der Waals surface area contributed by atoms with Crippen LogP contribution in [0.15, 0.2) is 33.8 Å². The quantitative estimate of drug-likeness (QED) is 0.415. The van der Waals surface area contributed by atoms with Gasteiger partial charge in [-0.05, 0) is 12.1 Å². The number of methoxy groups -OCH3 is 1. The molecule has 2 rings (SSSR count). The highest BCUT2D eigenvalue weighted by Crippen LogP contribution is 2.16. The van der Waals surface area contributed by atoms with Crippen molar-refractivity contribution in [3.8, 4) is 5.75 Å². The molecule has 0 aliphatic heterocycles. The molecule has 0 bridgehead atoms. The summed E-state index contributed by atoms with van der Waals surface area (Å²) in [4.78, 5) is 8.53. The Morgan fingerprint density at radius 1 is 1.43 bits per heavy atom. The van der Waals surface area contributed by atoms with E-state index >= 15 is 0 Å². The smallest absolute Gasteiger partial charge is 0.228 e. The Bertz CT molecular complexity index is 642. The molecule has 1 heterocycles. The normalized spacial score (nSPS) is 11.2. The summed E-state index contributed by atoms with van der Waals surface area (Å²) >= 11 is 0. The van der Waals surface area contributed by atoms with Crippen molar-refractivity contribution in [1.29, 1.82) is 0 Å². The van der Waals surface area contributed by atoms with Crippen LogP contribution in [0.1, 0.15) is 31.5 Å². The number of rotatable bonds is 6. The number of nitrogens with two attached hydrogens (primary N) is 1. The lowest BCUT2D eigenvalue weighted by molar-refractivity contribution is 0.372. The molecule has 1 aromatic carbocycles. The van der Waals surface area contributed by atoms with Crippen LogP contribution in [0.4, 0.5) is 5.69 Å². The maximum atomic E-state index is 5.85. The van der Waals surface area contributed by atoms with Crippen molar-refractivity contribution in [2.24, 2.45) is 10.7 Å². The van der Waals surface area contributed by atoms with E-state index in [0.29, 0.717) is 30.6 Å². The maximum Gasteiger partial charge on any atom is 0.228 e. The van der Waals surface area contributed by atoms with E-state index in [1.807, 2.05) is 38.1 Å². The maximum absolute atomic E-state index is 5.85. The van der Waals surface area contributed by atoms with Crippen molar-refractivity contribution in [3.05, 3.63) is 36.0 Å². The van der Waals surface area contributed by atoms with Gasteiger partial charge in [-0.15, -0.1) is 24.0 Å². The summed E-state index contributed by atoms with van der Waals surface area (Å²) in [5.41, 5.74) is 6.67. The number of benzene rings is 1. The van der Waals surface area contributed by atoms with E-state index in [4.69, 9.17) is 15.0 Å². The Labute approximate surface area is 152 Å². The van der Waals surface area contributed by atoms with Crippen molar-refractivity contribution >= 4 is 35.6 Å². The molecule has 0 unspecified atom stereocenters. The summed E-state index contributed by atoms with van der Waals surface area (Å²) in [5.74, 6) is 2.62. The van der Waals surface area contributed by atoms with Gasteiger partial charge in [-0.1, -0.05) is 25.1 Å². The Hall–Kier alpha value is -1.84. The first-order valence-electron chi connectivity index (χ1n) is 7.12. The predicted molar refractivity (Wildman–Crippen MR) is 101 cm³/mol. The van der Waals surface area contributed by atoms with Gasteiger partial charge in [0, 0.05) is 24.1 Å². The van der Waals surface area contributed by atoms with E-state index < -0.39 is 0 Å². The Morgan fingerprint density at radius 2 is 2.22 bits per heavy atom. The van der Waals surface area contributed by atoms with Crippen LogP contribution in [-0.2, 0) is 6.42 Å². The van der Waals surface area contributed by atoms with Crippen molar-refractivity contribution in [2.45, 2.75) is 26.2 Å². The minimum atomic E-state index is 0. The molecule has 3 N–H and O–H groups in total. The first-order valence-corrected chi connectivity index (χ1v) is 7.12. The van der Waals surface area contributed by atoms with Crippen molar-refractivity contribution < 1.29 is 9.26 Å². The Kier molecular flexibility index (Phi) is 7.79. The third-order valence-electron chi connectivity index (χ3n) is 2.95. The van der Waals surface area contributed by atoms with Crippen LogP contribution in [0.3, 0.4) is 0 Å². The zero-order valence-corrected chi connectivity index (χ0v) is 15.8. The average Bonchev–Trinajstić information content (AvgIpc) is 2.96. The number of aliphatic imine (C=N–C) groups is 1. The monoisotopic (exact) mass is 431 g/mol. The van der Waals surface area contributed by atoms with E-state index in [-0.39, 0.29) is 29.9 Å². The number of ether oxygens (including phenoxy) is 1. The zero-order chi connectivity index (χ0) is 15.9. The SMILES string of the molecule is COc1cccc(NC(N)=NCCc2nc(C(C)C)no2)c1.I. The lowest BCUT2D eigenvalue weighted by atomic mass is 10.2. The van der Waals surface area contributed by atoms with Gasteiger partial charge in [0.15, 0.2) is 11.8 Å². The summed E-state index contributed by atoms with van der Waals surface area (Å²) in [7, 11) is 1.62. The molecule has 0 radical (unpaired) electrons. The molecule has 0 aliphatic carbocycles. The van der Waals surface area contributed by atoms with Gasteiger partial charge >= 0.3 is 0 Å². The molecule has 1 aromatic heterocycles. The molecule has 126 valence electrons. The Morgan fingerprint density at radius 3 is 2.87 bits per heavy atom. The van der Waals surface area contributed by atoms with Crippen molar-refractivity contribution in [1.82, 2.24) is 10.1 Å². The number of hydrogen-bond acceptors (Lipinski definition) is 5. The van der Waals surface area contributed by atoms with Crippen molar-refractivity contribution in [2.75, 3.05) is 19.0 Å². The second-order valence-electron chi connectivity index (χ2n) is 5.07. The van der Waals surface area contributed by atoms with Gasteiger partial charge in [-0.25, -0.2) is 0 Å². The molecule has 0 saturated heterocycles. The topological polar surface area (TPSA) is 98.6 Å². The van der Waals surface area contributed by atoms with Crippen LogP contribution in [-0.4, -0.2) is 29.8 Å². The number of anilines is 1. The molecule has 8 heteroatoms. The van der Waals surface area contributed by atoms with E-state index in [1.165, 1.54) is 0 Å². The number of guanidine groups is 1. The largest absolute Gasteiger partial charge is 0.497 e. The summed E-state index contributed by atoms with van der Waals surface area (Å²) in [6.07, 6.45) is 0.556. The van der Waals surface area contributed by atoms with Gasteiger partial charge in [0.2, 0.25) is 5.89 Å². The highest BCUT2D eigenvalue weighted by Gasteiger charge is 2.08. The van der Waals surface area contributed by atoms with Crippen LogP contribution >= 0.6 is 24.0 Å². The van der Waals surface area contributed by atoms with Gasteiger partial charge in [-0.3, -0.25) is 4.99 Å². The van der Waals surface area contributed by atoms with Gasteiger partial charge in [0.1, 0.15) is 5.75 Å². The first kappa shape index (κ1) is 19.2. The first-order chi connectivity index (χ1) is 10.6. The fourth-order valence-corrected chi connectivity index (χ4v) is 1.76. The van der Waals surface area contributed by atoms with Gasteiger partial charge in [-0.2, -0.15) is 4.98 Å². The molecule has 0 saturated carbocycles. The molecular weight excluding hydrogens is 409 g/mol. The fourth-order valence-electron chi connectivity index (χ4n) is 1.76. The summed E-state index contributed by atoms with van der Waals surface area (Å²) in [6.45, 7) is 4.51. The van der Waals surface area contributed by atoms with Crippen LogP contribution < -0.4 is 15.8 Å². The predicted octanol–water partition coefficient (Wildman–Crippen LogP) is 2.79. The molecule has 23 heavy (non-hydrogen) atoms. The third-order valence-corrected chi connectivity index (χ3v) is 2.95. The highest BCUT2D eigenvalue weighted by atomic mass is 127. The molecule has 0 aliphatic rings. The summed E-state index contributed by atoms with van der Waals surface area (Å²) in [5, 5.41) is 6.91. The van der Waals surface area contributed by atoms with Crippen LogP contribution in [0.25, 0.3) is 0 Å².